The van der Waals surface area contributed by atoms with Crippen LogP contribution in [0, 0.1) is 0 Å². The minimum Gasteiger partial charge on any atom is -0.481 e. The summed E-state index contributed by atoms with van der Waals surface area (Å²) >= 11 is 0. The summed E-state index contributed by atoms with van der Waals surface area (Å²) in [5.74, 6) is -0.953. The molecule has 0 aliphatic heterocycles. The Morgan fingerprint density at radius 2 is 2.24 bits per heavy atom. The molecule has 0 amide bonds. The van der Waals surface area contributed by atoms with Crippen LogP contribution in [-0.4, -0.2) is 31.5 Å². The Labute approximate surface area is 95.8 Å². The van der Waals surface area contributed by atoms with Gasteiger partial charge in [0.1, 0.15) is 5.65 Å². The predicted molar refractivity (Wildman–Crippen MR) is 59.0 cm³/mol. The molecule has 2 heterocycles. The fraction of sp³-hybridized carbons (Fsp3) is 0.100. The first-order chi connectivity index (χ1) is 8.10. The summed E-state index contributed by atoms with van der Waals surface area (Å²) in [6.45, 7) is 0. The Balaban J connectivity index is 2.44. The van der Waals surface area contributed by atoms with E-state index in [4.69, 9.17) is 16.0 Å². The summed E-state index contributed by atoms with van der Waals surface area (Å²) in [6.07, 6.45) is 3.07. The zero-order valence-electron chi connectivity index (χ0n) is 8.74. The summed E-state index contributed by atoms with van der Waals surface area (Å²) in [7, 11) is 0. The Morgan fingerprint density at radius 3 is 2.88 bits per heavy atom. The Bertz CT molecular complexity index is 603. The molecule has 0 spiro atoms. The number of carbonyl (C=O) groups is 1. The van der Waals surface area contributed by atoms with E-state index in [9.17, 15) is 4.79 Å². The number of carboxylic acids is 1. The van der Waals surface area contributed by atoms with Crippen molar-refractivity contribution in [2.45, 2.75) is 6.42 Å². The minimum absolute atomic E-state index is 0.0135. The molecular formula is C10H10N4O3. The topological polar surface area (TPSA) is 113 Å². The van der Waals surface area contributed by atoms with Crippen molar-refractivity contribution in [3.8, 4) is 0 Å². The zero-order valence-corrected chi connectivity index (χ0v) is 8.74. The lowest BCUT2D eigenvalue weighted by molar-refractivity contribution is -0.136. The fourth-order valence-corrected chi connectivity index (χ4v) is 1.49. The summed E-state index contributed by atoms with van der Waals surface area (Å²) < 4.78 is 1.63. The second kappa shape index (κ2) is 4.12. The number of rotatable bonds is 3. The number of aliphatic carboxylic acids is 1. The van der Waals surface area contributed by atoms with Gasteiger partial charge < -0.3 is 20.4 Å². The minimum atomic E-state index is -0.940. The van der Waals surface area contributed by atoms with E-state index in [2.05, 4.69) is 10.1 Å². The van der Waals surface area contributed by atoms with E-state index in [0.29, 0.717) is 16.9 Å². The standard InChI is InChI=1S/C10H10N4O3/c11-10(13-17)6-1-2-8-12-7(3-9(15)16)5-14(8)4-6/h1-2,4-5,17H,3H2,(H2,11,13)(H,15,16). The number of hydrogen-bond acceptors (Lipinski definition) is 4. The van der Waals surface area contributed by atoms with Crippen LogP contribution in [0.3, 0.4) is 0 Å². The molecule has 4 N–H and O–H groups in total. The Morgan fingerprint density at radius 1 is 1.47 bits per heavy atom. The number of hydrogen-bond donors (Lipinski definition) is 3. The SMILES string of the molecule is NC(=NO)c1ccc2nc(CC(=O)O)cn2c1. The molecule has 7 heteroatoms. The van der Waals surface area contributed by atoms with Gasteiger partial charge in [0.05, 0.1) is 12.1 Å². The Hall–Kier alpha value is -2.57. The molecule has 2 aromatic heterocycles. The lowest BCUT2D eigenvalue weighted by atomic mass is 10.2. The molecule has 17 heavy (non-hydrogen) atoms. The Kier molecular flexibility index (Phi) is 2.65. The van der Waals surface area contributed by atoms with Gasteiger partial charge in [-0.2, -0.15) is 0 Å². The number of carboxylic acid groups (broad SMARTS) is 1. The van der Waals surface area contributed by atoms with Gasteiger partial charge in [0, 0.05) is 18.0 Å². The van der Waals surface area contributed by atoms with E-state index in [1.54, 1.807) is 28.9 Å². The van der Waals surface area contributed by atoms with Crippen molar-refractivity contribution in [3.63, 3.8) is 0 Å². The molecule has 2 rings (SSSR count). The van der Waals surface area contributed by atoms with Crippen molar-refractivity contribution in [1.82, 2.24) is 9.38 Å². The van der Waals surface area contributed by atoms with E-state index >= 15 is 0 Å². The van der Waals surface area contributed by atoms with E-state index in [-0.39, 0.29) is 12.3 Å². The highest BCUT2D eigenvalue weighted by atomic mass is 16.4. The van der Waals surface area contributed by atoms with Gasteiger partial charge in [0.15, 0.2) is 5.84 Å². The highest BCUT2D eigenvalue weighted by molar-refractivity contribution is 5.96. The summed E-state index contributed by atoms with van der Waals surface area (Å²) in [5.41, 5.74) is 7.03. The highest BCUT2D eigenvalue weighted by Gasteiger charge is 2.07. The monoisotopic (exact) mass is 234 g/mol. The summed E-state index contributed by atoms with van der Waals surface area (Å²) in [5, 5.41) is 20.1. The van der Waals surface area contributed by atoms with Crippen LogP contribution in [0.2, 0.25) is 0 Å². The molecule has 0 atom stereocenters. The van der Waals surface area contributed by atoms with Crippen molar-refractivity contribution in [3.05, 3.63) is 35.8 Å². The largest absolute Gasteiger partial charge is 0.481 e. The maximum absolute atomic E-state index is 10.5. The van der Waals surface area contributed by atoms with Crippen LogP contribution in [0.1, 0.15) is 11.3 Å². The predicted octanol–water partition coefficient (Wildman–Crippen LogP) is 0.0559. The third-order valence-corrected chi connectivity index (χ3v) is 2.24. The van der Waals surface area contributed by atoms with Crippen molar-refractivity contribution >= 4 is 17.5 Å². The van der Waals surface area contributed by atoms with Crippen LogP contribution in [0.15, 0.2) is 29.7 Å². The second-order valence-electron chi connectivity index (χ2n) is 3.47. The van der Waals surface area contributed by atoms with Crippen LogP contribution in [0.4, 0.5) is 0 Å². The average molecular weight is 234 g/mol. The lowest BCUT2D eigenvalue weighted by Crippen LogP contribution is -2.13. The van der Waals surface area contributed by atoms with Gasteiger partial charge in [-0.25, -0.2) is 4.98 Å². The van der Waals surface area contributed by atoms with E-state index in [1.807, 2.05) is 0 Å². The molecule has 7 nitrogen and oxygen atoms in total. The van der Waals surface area contributed by atoms with Crippen molar-refractivity contribution in [2.75, 3.05) is 0 Å². The van der Waals surface area contributed by atoms with Gasteiger partial charge in [-0.15, -0.1) is 0 Å². The number of amidine groups is 1. The molecule has 0 saturated heterocycles. The number of nitrogens with zero attached hydrogens (tertiary/aromatic N) is 3. The highest BCUT2D eigenvalue weighted by Crippen LogP contribution is 2.08. The molecule has 0 unspecified atom stereocenters. The normalized spacial score (nSPS) is 11.9. The quantitative estimate of drug-likeness (QED) is 0.300. The van der Waals surface area contributed by atoms with Crippen molar-refractivity contribution < 1.29 is 15.1 Å². The van der Waals surface area contributed by atoms with Crippen molar-refractivity contribution in [2.24, 2.45) is 10.9 Å². The molecule has 0 aliphatic rings. The molecule has 0 radical (unpaired) electrons. The average Bonchev–Trinajstić information content (AvgIpc) is 2.67. The van der Waals surface area contributed by atoms with Crippen LogP contribution < -0.4 is 5.73 Å². The molecule has 88 valence electrons. The van der Waals surface area contributed by atoms with Gasteiger partial charge in [-0.1, -0.05) is 5.16 Å². The smallest absolute Gasteiger partial charge is 0.309 e. The third kappa shape index (κ3) is 2.17. The van der Waals surface area contributed by atoms with E-state index in [0.717, 1.165) is 0 Å². The fourth-order valence-electron chi connectivity index (χ4n) is 1.49. The van der Waals surface area contributed by atoms with Crippen LogP contribution in [-0.2, 0) is 11.2 Å². The number of pyridine rings is 1. The van der Waals surface area contributed by atoms with Crippen molar-refractivity contribution in [1.29, 1.82) is 0 Å². The molecule has 0 saturated carbocycles. The van der Waals surface area contributed by atoms with Gasteiger partial charge in [-0.05, 0) is 12.1 Å². The molecule has 0 fully saturated rings. The first kappa shape index (κ1) is 10.9. The van der Waals surface area contributed by atoms with Crippen LogP contribution >= 0.6 is 0 Å². The summed E-state index contributed by atoms with van der Waals surface area (Å²) in [6, 6.07) is 3.31. The first-order valence-corrected chi connectivity index (χ1v) is 4.77. The number of aromatic nitrogens is 2. The number of oxime groups is 1. The van der Waals surface area contributed by atoms with E-state index < -0.39 is 5.97 Å². The maximum atomic E-state index is 10.5. The van der Waals surface area contributed by atoms with Crippen LogP contribution in [0.25, 0.3) is 5.65 Å². The molecule has 0 aromatic carbocycles. The van der Waals surface area contributed by atoms with Gasteiger partial charge in [-0.3, -0.25) is 4.79 Å². The molecule has 0 aliphatic carbocycles. The second-order valence-corrected chi connectivity index (χ2v) is 3.47. The summed E-state index contributed by atoms with van der Waals surface area (Å²) in [4.78, 5) is 14.7. The van der Waals surface area contributed by atoms with Crippen LogP contribution in [0.5, 0.6) is 0 Å². The number of nitrogens with two attached hydrogens (primary N) is 1. The molecule has 2 aromatic rings. The van der Waals surface area contributed by atoms with Gasteiger partial charge in [0.25, 0.3) is 0 Å². The first-order valence-electron chi connectivity index (χ1n) is 4.77. The molecule has 0 bridgehead atoms. The maximum Gasteiger partial charge on any atom is 0.309 e. The third-order valence-electron chi connectivity index (χ3n) is 2.24. The number of fused-ring (bicyclic) bond motifs is 1. The van der Waals surface area contributed by atoms with E-state index in [1.165, 1.54) is 0 Å². The molecular weight excluding hydrogens is 224 g/mol. The van der Waals surface area contributed by atoms with Gasteiger partial charge >= 0.3 is 5.97 Å². The zero-order chi connectivity index (χ0) is 12.4. The number of imidazole rings is 1. The van der Waals surface area contributed by atoms with Gasteiger partial charge in [0.2, 0.25) is 0 Å². The lowest BCUT2D eigenvalue weighted by Gasteiger charge is -1.98.